The highest BCUT2D eigenvalue weighted by molar-refractivity contribution is 7.80. The molecule has 2 N–H and O–H groups in total. The zero-order valence-electron chi connectivity index (χ0n) is 11.5. The molecular weight excluding hydrogens is 276 g/mol. The summed E-state index contributed by atoms with van der Waals surface area (Å²) in [5.74, 6) is 0. The monoisotopic (exact) mass is 294 g/mol. The Bertz CT molecular complexity index is 520. The number of unbranched alkanes of at least 4 members (excludes halogenated alkanes) is 1. The van der Waals surface area contributed by atoms with Crippen molar-refractivity contribution in [2.45, 2.75) is 38.8 Å². The minimum Gasteiger partial charge on any atom is -0.342 e. The molecule has 1 aromatic rings. The lowest BCUT2D eigenvalue weighted by Gasteiger charge is -2.25. The Morgan fingerprint density at radius 2 is 2.05 bits per heavy atom. The summed E-state index contributed by atoms with van der Waals surface area (Å²) in [7, 11) is 0. The second-order valence-corrected chi connectivity index (χ2v) is 5.47. The number of nitro benzene ring substituents is 1. The molecule has 1 aliphatic rings. The van der Waals surface area contributed by atoms with Crippen molar-refractivity contribution in [3.05, 3.63) is 34.4 Å². The van der Waals surface area contributed by atoms with Crippen LogP contribution < -0.4 is 15.8 Å². The number of non-ortho nitro benzene ring substituents is 1. The fraction of sp³-hybridized carbons (Fsp3) is 0.462. The number of hydrazine groups is 1. The van der Waals surface area contributed by atoms with Crippen molar-refractivity contribution in [2.75, 3.05) is 5.01 Å². The van der Waals surface area contributed by atoms with Crippen molar-refractivity contribution in [2.24, 2.45) is 0 Å². The molecule has 7 heteroatoms. The molecule has 20 heavy (non-hydrogen) atoms. The van der Waals surface area contributed by atoms with Crippen LogP contribution in [-0.4, -0.2) is 15.7 Å². The van der Waals surface area contributed by atoms with Crippen molar-refractivity contribution in [1.29, 1.82) is 0 Å². The first-order chi connectivity index (χ1) is 9.45. The van der Waals surface area contributed by atoms with Crippen LogP contribution in [0.1, 0.15) is 33.1 Å². The Hall–Kier alpha value is -1.73. The Morgan fingerprint density at radius 3 is 2.60 bits per heavy atom. The van der Waals surface area contributed by atoms with E-state index in [9.17, 15) is 10.1 Å². The van der Waals surface area contributed by atoms with Gasteiger partial charge < -0.3 is 5.32 Å². The number of hydrogen-bond acceptors (Lipinski definition) is 4. The lowest BCUT2D eigenvalue weighted by atomic mass is 10.1. The highest BCUT2D eigenvalue weighted by Crippen LogP contribution is 2.24. The maximum absolute atomic E-state index is 10.7. The third kappa shape index (κ3) is 3.05. The Balaban J connectivity index is 2.13. The average molecular weight is 294 g/mol. The molecule has 108 valence electrons. The van der Waals surface area contributed by atoms with E-state index in [1.807, 2.05) is 0 Å². The first-order valence-corrected chi connectivity index (χ1v) is 7.00. The van der Waals surface area contributed by atoms with Gasteiger partial charge in [0.1, 0.15) is 5.66 Å². The first-order valence-electron chi connectivity index (χ1n) is 6.60. The molecule has 0 saturated carbocycles. The maximum atomic E-state index is 10.7. The molecule has 0 unspecified atom stereocenters. The topological polar surface area (TPSA) is 70.4 Å². The fourth-order valence-electron chi connectivity index (χ4n) is 2.17. The van der Waals surface area contributed by atoms with Crippen molar-refractivity contribution < 1.29 is 4.92 Å². The Morgan fingerprint density at radius 1 is 1.40 bits per heavy atom. The average Bonchev–Trinajstić information content (AvgIpc) is 2.72. The number of nitrogens with one attached hydrogen (secondary N) is 2. The van der Waals surface area contributed by atoms with Crippen LogP contribution in [0.15, 0.2) is 24.3 Å². The van der Waals surface area contributed by atoms with E-state index in [1.165, 1.54) is 12.1 Å². The standard InChI is InChI=1S/C13H18N4O2S/c1-3-4-9-13(2)14-12(20)16(15-13)10-5-7-11(8-6-10)17(18)19/h5-8,15H,3-4,9H2,1-2H3,(H,14,20)/t13-/m1/s1. The van der Waals surface area contributed by atoms with Crippen LogP contribution >= 0.6 is 12.2 Å². The second-order valence-electron chi connectivity index (χ2n) is 5.09. The summed E-state index contributed by atoms with van der Waals surface area (Å²) >= 11 is 5.32. The number of nitro groups is 1. The van der Waals surface area contributed by atoms with E-state index < -0.39 is 4.92 Å². The lowest BCUT2D eigenvalue weighted by molar-refractivity contribution is -0.384. The van der Waals surface area contributed by atoms with E-state index in [0.29, 0.717) is 5.11 Å². The molecule has 2 rings (SSSR count). The van der Waals surface area contributed by atoms with E-state index in [2.05, 4.69) is 24.6 Å². The predicted molar refractivity (Wildman–Crippen MR) is 82.4 cm³/mol. The highest BCUT2D eigenvalue weighted by Gasteiger charge is 2.35. The van der Waals surface area contributed by atoms with Gasteiger partial charge in [0.15, 0.2) is 5.11 Å². The van der Waals surface area contributed by atoms with Gasteiger partial charge in [-0.05, 0) is 44.1 Å². The van der Waals surface area contributed by atoms with Crippen LogP contribution in [0.3, 0.4) is 0 Å². The van der Waals surface area contributed by atoms with Crippen LogP contribution in [0.25, 0.3) is 0 Å². The Kier molecular flexibility index (Phi) is 4.20. The molecular formula is C13H18N4O2S. The van der Waals surface area contributed by atoms with Crippen LogP contribution in [0.4, 0.5) is 11.4 Å². The number of nitrogens with zero attached hydrogens (tertiary/aromatic N) is 2. The van der Waals surface area contributed by atoms with Gasteiger partial charge in [-0.25, -0.2) is 5.43 Å². The molecule has 0 aliphatic carbocycles. The molecule has 0 bridgehead atoms. The summed E-state index contributed by atoms with van der Waals surface area (Å²) in [5.41, 5.74) is 3.91. The molecule has 0 amide bonds. The third-order valence-electron chi connectivity index (χ3n) is 3.29. The van der Waals surface area contributed by atoms with Crippen LogP contribution in [0.5, 0.6) is 0 Å². The van der Waals surface area contributed by atoms with Crippen LogP contribution in [0, 0.1) is 10.1 Å². The smallest absolute Gasteiger partial charge is 0.269 e. The minimum absolute atomic E-state index is 0.0700. The molecule has 0 spiro atoms. The zero-order valence-corrected chi connectivity index (χ0v) is 12.4. The quantitative estimate of drug-likeness (QED) is 0.494. The van der Waals surface area contributed by atoms with Gasteiger partial charge in [0, 0.05) is 12.1 Å². The number of hydrogen-bond donors (Lipinski definition) is 2. The van der Waals surface area contributed by atoms with Crippen LogP contribution in [-0.2, 0) is 0 Å². The molecule has 1 atom stereocenters. The van der Waals surface area contributed by atoms with Gasteiger partial charge in [-0.1, -0.05) is 13.3 Å². The van der Waals surface area contributed by atoms with E-state index in [0.717, 1.165) is 24.9 Å². The number of benzene rings is 1. The molecule has 1 saturated heterocycles. The van der Waals surface area contributed by atoms with Crippen LogP contribution in [0.2, 0.25) is 0 Å². The molecule has 1 heterocycles. The highest BCUT2D eigenvalue weighted by atomic mass is 32.1. The van der Waals surface area contributed by atoms with E-state index in [-0.39, 0.29) is 11.4 Å². The SMILES string of the molecule is CCCC[C@]1(C)NC(=S)N(c2ccc([N+](=O)[O-])cc2)N1. The summed E-state index contributed by atoms with van der Waals surface area (Å²) in [5, 5.41) is 16.3. The van der Waals surface area contributed by atoms with Crippen molar-refractivity contribution >= 4 is 28.7 Å². The maximum Gasteiger partial charge on any atom is 0.269 e. The lowest BCUT2D eigenvalue weighted by Crippen LogP contribution is -2.48. The van der Waals surface area contributed by atoms with E-state index in [1.54, 1.807) is 17.1 Å². The van der Waals surface area contributed by atoms with Gasteiger partial charge in [0.2, 0.25) is 0 Å². The number of anilines is 1. The van der Waals surface area contributed by atoms with Gasteiger partial charge in [-0.2, -0.15) is 0 Å². The van der Waals surface area contributed by atoms with Crippen molar-refractivity contribution in [3.63, 3.8) is 0 Å². The summed E-state index contributed by atoms with van der Waals surface area (Å²) < 4.78 is 0. The summed E-state index contributed by atoms with van der Waals surface area (Å²) in [6, 6.07) is 6.32. The normalized spacial score (nSPS) is 21.9. The fourth-order valence-corrected chi connectivity index (χ4v) is 2.55. The Labute approximate surface area is 123 Å². The molecule has 0 radical (unpaired) electrons. The molecule has 1 aromatic carbocycles. The summed E-state index contributed by atoms with van der Waals surface area (Å²) in [4.78, 5) is 10.2. The number of thiocarbonyl (C=S) groups is 1. The molecule has 6 nitrogen and oxygen atoms in total. The molecule has 1 fully saturated rings. The molecule has 1 aliphatic heterocycles. The van der Waals surface area contributed by atoms with E-state index >= 15 is 0 Å². The first kappa shape index (κ1) is 14.7. The van der Waals surface area contributed by atoms with Gasteiger partial charge in [-0.3, -0.25) is 15.1 Å². The summed E-state index contributed by atoms with van der Waals surface area (Å²) in [6.45, 7) is 4.20. The second kappa shape index (κ2) is 5.72. The van der Waals surface area contributed by atoms with Gasteiger partial charge in [0.25, 0.3) is 5.69 Å². The van der Waals surface area contributed by atoms with Gasteiger partial charge in [-0.15, -0.1) is 0 Å². The van der Waals surface area contributed by atoms with Crippen molar-refractivity contribution in [3.8, 4) is 0 Å². The minimum atomic E-state index is -0.414. The summed E-state index contributed by atoms with van der Waals surface area (Å²) in [6.07, 6.45) is 3.16. The zero-order chi connectivity index (χ0) is 14.8. The third-order valence-corrected chi connectivity index (χ3v) is 3.58. The van der Waals surface area contributed by atoms with Gasteiger partial charge >= 0.3 is 0 Å². The molecule has 0 aromatic heterocycles. The van der Waals surface area contributed by atoms with Crippen molar-refractivity contribution in [1.82, 2.24) is 10.7 Å². The largest absolute Gasteiger partial charge is 0.342 e. The van der Waals surface area contributed by atoms with E-state index in [4.69, 9.17) is 12.2 Å². The van der Waals surface area contributed by atoms with Gasteiger partial charge in [0.05, 0.1) is 10.6 Å². The number of rotatable bonds is 5. The predicted octanol–water partition coefficient (Wildman–Crippen LogP) is 2.70.